The first kappa shape index (κ1) is 15.4. The SMILES string of the molecule is CC1CC(C)C(O)C(C(O)CC2CCC(=O)NC2=O)C1. The van der Waals surface area contributed by atoms with Gasteiger partial charge in [0.25, 0.3) is 0 Å². The van der Waals surface area contributed by atoms with Crippen molar-refractivity contribution in [3.05, 3.63) is 0 Å². The van der Waals surface area contributed by atoms with Crippen LogP contribution in [-0.4, -0.2) is 34.2 Å². The Balaban J connectivity index is 1.95. The number of carbonyl (C=O) groups excluding carboxylic acids is 2. The van der Waals surface area contributed by atoms with Crippen molar-refractivity contribution < 1.29 is 19.8 Å². The number of aliphatic hydroxyl groups is 2. The van der Waals surface area contributed by atoms with E-state index >= 15 is 0 Å². The van der Waals surface area contributed by atoms with Gasteiger partial charge in [-0.3, -0.25) is 14.9 Å². The van der Waals surface area contributed by atoms with Crippen molar-refractivity contribution in [2.24, 2.45) is 23.7 Å². The predicted octanol–water partition coefficient (Wildman–Crippen LogP) is 0.833. The molecule has 5 nitrogen and oxygen atoms in total. The lowest BCUT2D eigenvalue weighted by molar-refractivity contribution is -0.138. The summed E-state index contributed by atoms with van der Waals surface area (Å²) in [5, 5.41) is 23.0. The molecule has 20 heavy (non-hydrogen) atoms. The fourth-order valence-electron chi connectivity index (χ4n) is 3.71. The predicted molar refractivity (Wildman–Crippen MR) is 73.6 cm³/mol. The molecule has 0 spiro atoms. The summed E-state index contributed by atoms with van der Waals surface area (Å²) < 4.78 is 0. The molecule has 2 fully saturated rings. The quantitative estimate of drug-likeness (QED) is 0.670. The zero-order valence-electron chi connectivity index (χ0n) is 12.2. The Hall–Kier alpha value is -0.940. The van der Waals surface area contributed by atoms with Crippen LogP contribution in [0.3, 0.4) is 0 Å². The fourth-order valence-corrected chi connectivity index (χ4v) is 3.71. The Kier molecular flexibility index (Phi) is 4.81. The van der Waals surface area contributed by atoms with E-state index in [9.17, 15) is 19.8 Å². The zero-order chi connectivity index (χ0) is 14.9. The van der Waals surface area contributed by atoms with Gasteiger partial charge in [0.2, 0.25) is 11.8 Å². The third kappa shape index (κ3) is 3.38. The number of nitrogens with one attached hydrogen (secondary N) is 1. The summed E-state index contributed by atoms with van der Waals surface area (Å²) in [5.74, 6) is -0.344. The molecule has 0 aromatic heterocycles. The lowest BCUT2D eigenvalue weighted by Crippen LogP contribution is -2.46. The molecule has 6 unspecified atom stereocenters. The van der Waals surface area contributed by atoms with Gasteiger partial charge in [0, 0.05) is 18.3 Å². The molecule has 114 valence electrons. The number of imide groups is 1. The highest BCUT2D eigenvalue weighted by atomic mass is 16.3. The fraction of sp³-hybridized carbons (Fsp3) is 0.867. The van der Waals surface area contributed by atoms with Crippen LogP contribution < -0.4 is 5.32 Å². The molecule has 0 aromatic rings. The first-order valence-electron chi connectivity index (χ1n) is 7.58. The van der Waals surface area contributed by atoms with Crippen molar-refractivity contribution in [2.45, 2.75) is 58.2 Å². The first-order chi connectivity index (χ1) is 9.38. The number of amides is 2. The summed E-state index contributed by atoms with van der Waals surface area (Å²) in [6.45, 7) is 4.14. The van der Waals surface area contributed by atoms with Gasteiger partial charge in [0.15, 0.2) is 0 Å². The van der Waals surface area contributed by atoms with Gasteiger partial charge >= 0.3 is 0 Å². The summed E-state index contributed by atoms with van der Waals surface area (Å²) in [4.78, 5) is 22.8. The highest BCUT2D eigenvalue weighted by molar-refractivity contribution is 5.98. The highest BCUT2D eigenvalue weighted by Crippen LogP contribution is 2.37. The normalized spacial score (nSPS) is 40.3. The third-order valence-electron chi connectivity index (χ3n) is 4.84. The maximum atomic E-state index is 11.7. The molecule has 0 aromatic carbocycles. The molecule has 1 aliphatic carbocycles. The Morgan fingerprint density at radius 3 is 2.65 bits per heavy atom. The van der Waals surface area contributed by atoms with Gasteiger partial charge in [-0.25, -0.2) is 0 Å². The number of piperidine rings is 1. The summed E-state index contributed by atoms with van der Waals surface area (Å²) in [6, 6.07) is 0. The van der Waals surface area contributed by atoms with Crippen molar-refractivity contribution in [3.8, 4) is 0 Å². The van der Waals surface area contributed by atoms with E-state index in [4.69, 9.17) is 0 Å². The Bertz CT molecular complexity index is 384. The maximum absolute atomic E-state index is 11.7. The van der Waals surface area contributed by atoms with E-state index in [1.54, 1.807) is 0 Å². The van der Waals surface area contributed by atoms with Crippen LogP contribution in [0.5, 0.6) is 0 Å². The van der Waals surface area contributed by atoms with Gasteiger partial charge < -0.3 is 10.2 Å². The van der Waals surface area contributed by atoms with Crippen LogP contribution in [0.2, 0.25) is 0 Å². The van der Waals surface area contributed by atoms with Crippen LogP contribution in [0, 0.1) is 23.7 Å². The first-order valence-corrected chi connectivity index (χ1v) is 7.58. The molecule has 1 saturated heterocycles. The van der Waals surface area contributed by atoms with Crippen molar-refractivity contribution >= 4 is 11.8 Å². The molecule has 2 amide bonds. The summed E-state index contributed by atoms with van der Waals surface area (Å²) in [6.07, 6.45) is 1.75. The second-order valence-corrected chi connectivity index (χ2v) is 6.66. The van der Waals surface area contributed by atoms with Gasteiger partial charge in [-0.2, -0.15) is 0 Å². The second kappa shape index (κ2) is 6.22. The Morgan fingerprint density at radius 1 is 1.30 bits per heavy atom. The van der Waals surface area contributed by atoms with Crippen molar-refractivity contribution in [2.75, 3.05) is 0 Å². The van der Waals surface area contributed by atoms with E-state index in [2.05, 4.69) is 12.2 Å². The van der Waals surface area contributed by atoms with Crippen molar-refractivity contribution in [1.82, 2.24) is 5.32 Å². The monoisotopic (exact) mass is 283 g/mol. The van der Waals surface area contributed by atoms with Crippen LogP contribution in [0.25, 0.3) is 0 Å². The third-order valence-corrected chi connectivity index (χ3v) is 4.84. The average Bonchev–Trinajstić information content (AvgIpc) is 2.37. The summed E-state index contributed by atoms with van der Waals surface area (Å²) in [7, 11) is 0. The molecule has 2 aliphatic rings. The summed E-state index contributed by atoms with van der Waals surface area (Å²) in [5.41, 5.74) is 0. The van der Waals surface area contributed by atoms with Gasteiger partial charge in [0.05, 0.1) is 12.2 Å². The molecule has 3 N–H and O–H groups in total. The molecule has 1 saturated carbocycles. The van der Waals surface area contributed by atoms with Crippen molar-refractivity contribution in [1.29, 1.82) is 0 Å². The lowest BCUT2D eigenvalue weighted by atomic mass is 9.71. The number of hydrogen-bond donors (Lipinski definition) is 3. The molecule has 0 radical (unpaired) electrons. The minimum atomic E-state index is -0.681. The molecular formula is C15H25NO4. The second-order valence-electron chi connectivity index (χ2n) is 6.66. The number of rotatable bonds is 3. The number of hydrogen-bond acceptors (Lipinski definition) is 4. The standard InChI is InChI=1S/C15H25NO4/c1-8-5-9(2)14(19)11(6-8)12(17)7-10-3-4-13(18)16-15(10)20/h8-12,14,17,19H,3-7H2,1-2H3,(H,16,18,20). The smallest absolute Gasteiger partial charge is 0.229 e. The van der Waals surface area contributed by atoms with E-state index in [1.807, 2.05) is 6.92 Å². The molecule has 1 aliphatic heterocycles. The van der Waals surface area contributed by atoms with Crippen LogP contribution >= 0.6 is 0 Å². The van der Waals surface area contributed by atoms with Crippen LogP contribution in [0.4, 0.5) is 0 Å². The lowest BCUT2D eigenvalue weighted by Gasteiger charge is -2.39. The number of aliphatic hydroxyl groups excluding tert-OH is 2. The minimum absolute atomic E-state index is 0.167. The topological polar surface area (TPSA) is 86.6 Å². The van der Waals surface area contributed by atoms with E-state index in [0.29, 0.717) is 25.2 Å². The van der Waals surface area contributed by atoms with E-state index in [1.165, 1.54) is 0 Å². The molecule has 6 atom stereocenters. The van der Waals surface area contributed by atoms with Gasteiger partial charge in [-0.05, 0) is 37.5 Å². The largest absolute Gasteiger partial charge is 0.393 e. The molecule has 0 bridgehead atoms. The average molecular weight is 283 g/mol. The van der Waals surface area contributed by atoms with E-state index in [-0.39, 0.29) is 29.6 Å². The number of carbonyl (C=O) groups is 2. The highest BCUT2D eigenvalue weighted by Gasteiger charge is 2.39. The van der Waals surface area contributed by atoms with Crippen LogP contribution in [0.1, 0.15) is 46.0 Å². The van der Waals surface area contributed by atoms with Gasteiger partial charge in [0.1, 0.15) is 0 Å². The van der Waals surface area contributed by atoms with E-state index in [0.717, 1.165) is 12.8 Å². The van der Waals surface area contributed by atoms with E-state index < -0.39 is 12.2 Å². The minimum Gasteiger partial charge on any atom is -0.393 e. The van der Waals surface area contributed by atoms with Gasteiger partial charge in [-0.15, -0.1) is 0 Å². The maximum Gasteiger partial charge on any atom is 0.229 e. The Labute approximate surface area is 119 Å². The molecular weight excluding hydrogens is 258 g/mol. The van der Waals surface area contributed by atoms with Crippen LogP contribution in [0.15, 0.2) is 0 Å². The Morgan fingerprint density at radius 2 is 2.00 bits per heavy atom. The van der Waals surface area contributed by atoms with Gasteiger partial charge in [-0.1, -0.05) is 13.8 Å². The molecule has 2 rings (SSSR count). The zero-order valence-corrected chi connectivity index (χ0v) is 12.2. The van der Waals surface area contributed by atoms with Crippen LogP contribution in [-0.2, 0) is 9.59 Å². The molecule has 5 heteroatoms. The van der Waals surface area contributed by atoms with Crippen molar-refractivity contribution in [3.63, 3.8) is 0 Å². The summed E-state index contributed by atoms with van der Waals surface area (Å²) >= 11 is 0. The molecule has 1 heterocycles.